The summed E-state index contributed by atoms with van der Waals surface area (Å²) in [6.45, 7) is 1.92. The average Bonchev–Trinajstić information content (AvgIpc) is 2.95. The lowest BCUT2D eigenvalue weighted by Crippen LogP contribution is -2.17. The van der Waals surface area contributed by atoms with Crippen molar-refractivity contribution in [1.82, 2.24) is 0 Å². The zero-order chi connectivity index (χ0) is 18.0. The van der Waals surface area contributed by atoms with Crippen molar-refractivity contribution in [2.24, 2.45) is 0 Å². The van der Waals surface area contributed by atoms with Gasteiger partial charge in [0.25, 0.3) is 5.91 Å². The molecule has 1 aromatic heterocycles. The third-order valence-electron chi connectivity index (χ3n) is 4.05. The third kappa shape index (κ3) is 3.56. The van der Waals surface area contributed by atoms with E-state index < -0.39 is 29.1 Å². The Hall–Kier alpha value is -2.28. The lowest BCUT2D eigenvalue weighted by molar-refractivity contribution is 0.0526. The second-order valence-electron chi connectivity index (χ2n) is 5.71. The van der Waals surface area contributed by atoms with E-state index in [1.54, 1.807) is 6.92 Å². The monoisotopic (exact) mass is 365 g/mol. The Balaban J connectivity index is 1.96. The van der Waals surface area contributed by atoms with Crippen molar-refractivity contribution in [2.45, 2.75) is 32.6 Å². The van der Waals surface area contributed by atoms with E-state index in [9.17, 15) is 18.4 Å². The Bertz CT molecular complexity index is 832. The molecule has 0 fully saturated rings. The molecule has 1 aromatic carbocycles. The van der Waals surface area contributed by atoms with E-state index in [1.165, 1.54) is 11.3 Å². The summed E-state index contributed by atoms with van der Waals surface area (Å²) >= 11 is 1.30. The number of hydrogen-bond acceptors (Lipinski definition) is 4. The number of halogens is 2. The maximum Gasteiger partial charge on any atom is 0.341 e. The number of benzene rings is 1. The van der Waals surface area contributed by atoms with Crippen LogP contribution in [0.5, 0.6) is 0 Å². The normalized spacial score (nSPS) is 13.2. The summed E-state index contributed by atoms with van der Waals surface area (Å²) in [5, 5.41) is 2.90. The highest BCUT2D eigenvalue weighted by molar-refractivity contribution is 7.17. The topological polar surface area (TPSA) is 55.4 Å². The maximum atomic E-state index is 13.8. The molecule has 4 nitrogen and oxygen atoms in total. The number of anilines is 1. The molecule has 3 rings (SSSR count). The molecule has 1 heterocycles. The molecule has 1 N–H and O–H groups in total. The predicted octanol–water partition coefficient (Wildman–Crippen LogP) is 4.33. The van der Waals surface area contributed by atoms with Gasteiger partial charge in [0.2, 0.25) is 0 Å². The lowest BCUT2D eigenvalue weighted by Gasteiger charge is -2.12. The van der Waals surface area contributed by atoms with E-state index in [2.05, 4.69) is 5.32 Å². The molecule has 132 valence electrons. The second kappa shape index (κ2) is 7.31. The number of nitrogens with one attached hydrogen (secondary N) is 1. The molecule has 0 spiro atoms. The lowest BCUT2D eigenvalue weighted by atomic mass is 9.95. The fourth-order valence-electron chi connectivity index (χ4n) is 2.92. The first-order valence-corrected chi connectivity index (χ1v) is 8.91. The molecule has 2 aromatic rings. The Morgan fingerprint density at radius 2 is 2.00 bits per heavy atom. The third-order valence-corrected chi connectivity index (χ3v) is 5.26. The van der Waals surface area contributed by atoms with Crippen molar-refractivity contribution in [3.05, 3.63) is 51.4 Å². The van der Waals surface area contributed by atoms with Crippen LogP contribution in [-0.2, 0) is 17.6 Å². The zero-order valence-electron chi connectivity index (χ0n) is 13.7. The summed E-state index contributed by atoms with van der Waals surface area (Å²) in [5.41, 5.74) is 0.831. The molecule has 7 heteroatoms. The van der Waals surface area contributed by atoms with Gasteiger partial charge in [0.15, 0.2) is 0 Å². The van der Waals surface area contributed by atoms with Gasteiger partial charge in [0.1, 0.15) is 16.6 Å². The van der Waals surface area contributed by atoms with E-state index in [0.717, 1.165) is 54.3 Å². The van der Waals surface area contributed by atoms with Gasteiger partial charge in [0.05, 0.1) is 17.7 Å². The van der Waals surface area contributed by atoms with Gasteiger partial charge in [-0.2, -0.15) is 0 Å². The molecule has 0 bridgehead atoms. The number of fused-ring (bicyclic) bond motifs is 1. The van der Waals surface area contributed by atoms with E-state index in [-0.39, 0.29) is 6.61 Å². The SMILES string of the molecule is CCOC(=O)c1c(NC(=O)c2cc(F)ccc2F)sc2c1CCCC2. The number of hydrogen-bond donors (Lipinski definition) is 1. The van der Waals surface area contributed by atoms with Gasteiger partial charge in [0, 0.05) is 4.88 Å². The van der Waals surface area contributed by atoms with Crippen molar-refractivity contribution in [1.29, 1.82) is 0 Å². The first-order chi connectivity index (χ1) is 12.0. The summed E-state index contributed by atoms with van der Waals surface area (Å²) in [5.74, 6) is -2.82. The molecule has 0 aliphatic heterocycles. The van der Waals surface area contributed by atoms with Crippen LogP contribution in [-0.4, -0.2) is 18.5 Å². The van der Waals surface area contributed by atoms with Crippen LogP contribution in [0.2, 0.25) is 0 Å². The minimum atomic E-state index is -0.821. The summed E-state index contributed by atoms with van der Waals surface area (Å²) in [4.78, 5) is 25.7. The fourth-order valence-corrected chi connectivity index (χ4v) is 4.19. The van der Waals surface area contributed by atoms with Gasteiger partial charge < -0.3 is 10.1 Å². The molecule has 0 radical (unpaired) electrons. The number of carbonyl (C=O) groups is 2. The average molecular weight is 365 g/mol. The van der Waals surface area contributed by atoms with Crippen LogP contribution in [0, 0.1) is 11.6 Å². The van der Waals surface area contributed by atoms with Crippen LogP contribution in [0.15, 0.2) is 18.2 Å². The fraction of sp³-hybridized carbons (Fsp3) is 0.333. The largest absolute Gasteiger partial charge is 0.462 e. The molecule has 0 saturated heterocycles. The van der Waals surface area contributed by atoms with Gasteiger partial charge in [-0.25, -0.2) is 13.6 Å². The van der Waals surface area contributed by atoms with Crippen LogP contribution in [0.25, 0.3) is 0 Å². The van der Waals surface area contributed by atoms with Gasteiger partial charge in [-0.05, 0) is 56.4 Å². The van der Waals surface area contributed by atoms with Crippen LogP contribution < -0.4 is 5.32 Å². The Morgan fingerprint density at radius 3 is 2.76 bits per heavy atom. The van der Waals surface area contributed by atoms with Crippen molar-refractivity contribution < 1.29 is 23.1 Å². The van der Waals surface area contributed by atoms with E-state index in [4.69, 9.17) is 4.74 Å². The molecular weight excluding hydrogens is 348 g/mol. The molecule has 1 amide bonds. The Labute approximate surface area is 147 Å². The summed E-state index contributed by atoms with van der Waals surface area (Å²) in [7, 11) is 0. The minimum absolute atomic E-state index is 0.218. The minimum Gasteiger partial charge on any atom is -0.462 e. The smallest absolute Gasteiger partial charge is 0.341 e. The van der Waals surface area contributed by atoms with Crippen LogP contribution in [0.4, 0.5) is 13.8 Å². The Morgan fingerprint density at radius 1 is 1.24 bits per heavy atom. The second-order valence-corrected chi connectivity index (χ2v) is 6.82. The van der Waals surface area contributed by atoms with Crippen molar-refractivity contribution in [2.75, 3.05) is 11.9 Å². The number of ether oxygens (including phenoxy) is 1. The first kappa shape index (κ1) is 17.5. The van der Waals surface area contributed by atoms with E-state index >= 15 is 0 Å². The predicted molar refractivity (Wildman–Crippen MR) is 91.2 cm³/mol. The summed E-state index contributed by atoms with van der Waals surface area (Å²) in [6.07, 6.45) is 3.55. The molecule has 1 aliphatic rings. The molecule has 1 aliphatic carbocycles. The number of aryl methyl sites for hydroxylation is 1. The summed E-state index contributed by atoms with van der Waals surface area (Å²) < 4.78 is 32.2. The van der Waals surface area contributed by atoms with E-state index in [1.807, 2.05) is 0 Å². The van der Waals surface area contributed by atoms with Gasteiger partial charge in [-0.3, -0.25) is 4.79 Å². The molecule has 0 unspecified atom stereocenters. The highest BCUT2D eigenvalue weighted by atomic mass is 32.1. The van der Waals surface area contributed by atoms with Gasteiger partial charge in [-0.1, -0.05) is 0 Å². The number of carbonyl (C=O) groups excluding carboxylic acids is 2. The standard InChI is InChI=1S/C18H17F2NO3S/c1-2-24-18(23)15-11-5-3-4-6-14(11)25-17(15)21-16(22)12-9-10(19)7-8-13(12)20/h7-9H,2-6H2,1H3,(H,21,22). The highest BCUT2D eigenvalue weighted by Gasteiger charge is 2.27. The highest BCUT2D eigenvalue weighted by Crippen LogP contribution is 2.38. The van der Waals surface area contributed by atoms with Crippen molar-refractivity contribution in [3.63, 3.8) is 0 Å². The maximum absolute atomic E-state index is 13.8. The number of amides is 1. The van der Waals surface area contributed by atoms with Gasteiger partial charge in [-0.15, -0.1) is 11.3 Å². The van der Waals surface area contributed by atoms with E-state index in [0.29, 0.717) is 10.6 Å². The van der Waals surface area contributed by atoms with Crippen molar-refractivity contribution >= 4 is 28.2 Å². The molecular formula is C18H17F2NO3S. The Kier molecular flexibility index (Phi) is 5.13. The van der Waals surface area contributed by atoms with Crippen molar-refractivity contribution in [3.8, 4) is 0 Å². The van der Waals surface area contributed by atoms with Crippen LogP contribution in [0.3, 0.4) is 0 Å². The molecule has 0 atom stereocenters. The molecule has 0 saturated carbocycles. The van der Waals surface area contributed by atoms with Gasteiger partial charge >= 0.3 is 5.97 Å². The number of rotatable bonds is 4. The first-order valence-electron chi connectivity index (χ1n) is 8.09. The van der Waals surface area contributed by atoms with Crippen LogP contribution >= 0.6 is 11.3 Å². The number of thiophene rings is 1. The summed E-state index contributed by atoms with van der Waals surface area (Å²) in [6, 6.07) is 2.68. The molecule has 25 heavy (non-hydrogen) atoms. The zero-order valence-corrected chi connectivity index (χ0v) is 14.5. The quantitative estimate of drug-likeness (QED) is 0.821. The number of esters is 1. The van der Waals surface area contributed by atoms with Crippen LogP contribution in [0.1, 0.15) is 50.9 Å².